The van der Waals surface area contributed by atoms with Gasteiger partial charge in [0.2, 0.25) is 0 Å². The quantitative estimate of drug-likeness (QED) is 0.805. The van der Waals surface area contributed by atoms with Crippen LogP contribution < -0.4 is 0 Å². The zero-order valence-electron chi connectivity index (χ0n) is 10.9. The average Bonchev–Trinajstić information content (AvgIpc) is 2.41. The Morgan fingerprint density at radius 3 is 2.47 bits per heavy atom. The molecule has 0 bridgehead atoms. The van der Waals surface area contributed by atoms with Crippen LogP contribution in [0.15, 0.2) is 42.6 Å². The summed E-state index contributed by atoms with van der Waals surface area (Å²) in [7, 11) is 1.77. The molecule has 3 nitrogen and oxygen atoms in total. The van der Waals surface area contributed by atoms with Crippen molar-refractivity contribution in [2.45, 2.75) is 13.5 Å². The zero-order valence-corrected chi connectivity index (χ0v) is 11.7. The maximum atomic E-state index is 12.2. The normalized spacial score (nSPS) is 10.3. The molecular weight excluding hydrogens is 260 g/mol. The van der Waals surface area contributed by atoms with Crippen LogP contribution in [0.5, 0.6) is 0 Å². The fraction of sp³-hybridized carbons (Fsp3) is 0.200. The van der Waals surface area contributed by atoms with Gasteiger partial charge in [-0.25, -0.2) is 4.98 Å². The first-order valence-corrected chi connectivity index (χ1v) is 6.36. The molecule has 0 aliphatic rings. The van der Waals surface area contributed by atoms with E-state index in [-0.39, 0.29) is 5.91 Å². The predicted octanol–water partition coefficient (Wildman–Crippen LogP) is 3.32. The highest BCUT2D eigenvalue weighted by Crippen LogP contribution is 2.11. The Morgan fingerprint density at radius 1 is 1.21 bits per heavy atom. The Balaban J connectivity index is 2.07. The Hall–Kier alpha value is -1.87. The number of aryl methyl sites for hydroxylation is 1. The van der Waals surface area contributed by atoms with Crippen molar-refractivity contribution in [1.29, 1.82) is 0 Å². The first-order valence-electron chi connectivity index (χ1n) is 5.99. The van der Waals surface area contributed by atoms with Gasteiger partial charge in [0.15, 0.2) is 0 Å². The minimum Gasteiger partial charge on any atom is -0.337 e. The lowest BCUT2D eigenvalue weighted by molar-refractivity contribution is 0.0784. The van der Waals surface area contributed by atoms with E-state index in [2.05, 4.69) is 4.98 Å². The van der Waals surface area contributed by atoms with Gasteiger partial charge in [0, 0.05) is 19.8 Å². The van der Waals surface area contributed by atoms with Gasteiger partial charge in [0.25, 0.3) is 5.91 Å². The number of carbonyl (C=O) groups excluding carboxylic acids is 1. The number of aromatic nitrogens is 1. The number of halogens is 1. The minimum atomic E-state index is -0.0651. The fourth-order valence-electron chi connectivity index (χ4n) is 1.76. The summed E-state index contributed by atoms with van der Waals surface area (Å²) in [6.07, 6.45) is 1.50. The van der Waals surface area contributed by atoms with Crippen LogP contribution in [0.4, 0.5) is 0 Å². The summed E-state index contributed by atoms with van der Waals surface area (Å²) in [5.41, 5.74) is 2.85. The molecule has 0 spiro atoms. The molecule has 0 fully saturated rings. The van der Waals surface area contributed by atoms with Crippen LogP contribution in [0.2, 0.25) is 5.15 Å². The summed E-state index contributed by atoms with van der Waals surface area (Å²) >= 11 is 5.70. The van der Waals surface area contributed by atoms with E-state index < -0.39 is 0 Å². The lowest BCUT2D eigenvalue weighted by atomic mass is 10.1. The van der Waals surface area contributed by atoms with Crippen molar-refractivity contribution in [1.82, 2.24) is 9.88 Å². The molecule has 98 valence electrons. The van der Waals surface area contributed by atoms with Gasteiger partial charge >= 0.3 is 0 Å². The second-order valence-electron chi connectivity index (χ2n) is 4.52. The molecule has 0 radical (unpaired) electrons. The van der Waals surface area contributed by atoms with Gasteiger partial charge in [0.05, 0.1) is 5.56 Å². The molecule has 2 aromatic rings. The van der Waals surface area contributed by atoms with Gasteiger partial charge in [0.1, 0.15) is 5.15 Å². The van der Waals surface area contributed by atoms with Crippen molar-refractivity contribution >= 4 is 17.5 Å². The molecule has 19 heavy (non-hydrogen) atoms. The van der Waals surface area contributed by atoms with Crippen LogP contribution in [-0.2, 0) is 6.54 Å². The molecule has 1 heterocycles. The first-order chi connectivity index (χ1) is 9.06. The van der Waals surface area contributed by atoms with Gasteiger partial charge in [-0.15, -0.1) is 0 Å². The second-order valence-corrected chi connectivity index (χ2v) is 4.90. The van der Waals surface area contributed by atoms with Crippen LogP contribution in [0.3, 0.4) is 0 Å². The molecule has 0 N–H and O–H groups in total. The third kappa shape index (κ3) is 3.55. The number of pyridine rings is 1. The van der Waals surface area contributed by atoms with E-state index in [1.165, 1.54) is 11.8 Å². The van der Waals surface area contributed by atoms with E-state index in [0.29, 0.717) is 17.3 Å². The Bertz CT molecular complexity index is 564. The number of hydrogen-bond acceptors (Lipinski definition) is 2. The Kier molecular flexibility index (Phi) is 4.17. The Morgan fingerprint density at radius 2 is 1.89 bits per heavy atom. The number of amides is 1. The summed E-state index contributed by atoms with van der Waals surface area (Å²) in [4.78, 5) is 17.8. The molecule has 0 saturated heterocycles. The van der Waals surface area contributed by atoms with Crippen LogP contribution in [0.1, 0.15) is 21.5 Å². The third-order valence-electron chi connectivity index (χ3n) is 2.86. The third-order valence-corrected chi connectivity index (χ3v) is 3.08. The number of benzene rings is 1. The molecule has 0 aliphatic heterocycles. The van der Waals surface area contributed by atoms with E-state index in [1.54, 1.807) is 24.1 Å². The van der Waals surface area contributed by atoms with Gasteiger partial charge in [-0.05, 0) is 24.6 Å². The second kappa shape index (κ2) is 5.85. The number of hydrogen-bond donors (Lipinski definition) is 0. The summed E-state index contributed by atoms with van der Waals surface area (Å²) in [6.45, 7) is 2.61. The standard InChI is InChI=1S/C15H15ClN2O/c1-11-3-5-12(6-4-11)10-18(2)15(19)13-7-8-14(16)17-9-13/h3-9H,10H2,1-2H3. The highest BCUT2D eigenvalue weighted by molar-refractivity contribution is 6.29. The molecule has 0 saturated carbocycles. The smallest absolute Gasteiger partial charge is 0.255 e. The van der Waals surface area contributed by atoms with E-state index >= 15 is 0 Å². The zero-order chi connectivity index (χ0) is 13.8. The van der Waals surface area contributed by atoms with Crippen molar-refractivity contribution in [3.8, 4) is 0 Å². The molecule has 1 amide bonds. The number of rotatable bonds is 3. The maximum Gasteiger partial charge on any atom is 0.255 e. The first kappa shape index (κ1) is 13.6. The van der Waals surface area contributed by atoms with Crippen molar-refractivity contribution < 1.29 is 4.79 Å². The SMILES string of the molecule is Cc1ccc(CN(C)C(=O)c2ccc(Cl)nc2)cc1. The van der Waals surface area contributed by atoms with E-state index in [4.69, 9.17) is 11.6 Å². The topological polar surface area (TPSA) is 33.2 Å². The van der Waals surface area contributed by atoms with Crippen molar-refractivity contribution in [2.75, 3.05) is 7.05 Å². The molecule has 2 rings (SSSR count). The lowest BCUT2D eigenvalue weighted by Crippen LogP contribution is -2.26. The molecule has 0 aliphatic carbocycles. The Labute approximate surface area is 117 Å². The molecule has 4 heteroatoms. The molecular formula is C15H15ClN2O. The average molecular weight is 275 g/mol. The highest BCUT2D eigenvalue weighted by atomic mass is 35.5. The van der Waals surface area contributed by atoms with Crippen molar-refractivity contribution in [3.05, 3.63) is 64.4 Å². The van der Waals surface area contributed by atoms with Crippen LogP contribution in [0.25, 0.3) is 0 Å². The van der Waals surface area contributed by atoms with E-state index in [0.717, 1.165) is 5.56 Å². The number of carbonyl (C=O) groups is 1. The van der Waals surface area contributed by atoms with Gasteiger partial charge in [-0.1, -0.05) is 41.4 Å². The van der Waals surface area contributed by atoms with Crippen molar-refractivity contribution in [3.63, 3.8) is 0 Å². The van der Waals surface area contributed by atoms with Crippen LogP contribution >= 0.6 is 11.6 Å². The van der Waals surface area contributed by atoms with Crippen LogP contribution in [-0.4, -0.2) is 22.8 Å². The fourth-order valence-corrected chi connectivity index (χ4v) is 1.87. The molecule has 1 aromatic carbocycles. The molecule has 0 atom stereocenters. The summed E-state index contributed by atoms with van der Waals surface area (Å²) < 4.78 is 0. The van der Waals surface area contributed by atoms with Crippen molar-refractivity contribution in [2.24, 2.45) is 0 Å². The maximum absolute atomic E-state index is 12.2. The summed E-state index contributed by atoms with van der Waals surface area (Å²) in [6, 6.07) is 11.4. The lowest BCUT2D eigenvalue weighted by Gasteiger charge is -2.17. The van der Waals surface area contributed by atoms with Gasteiger partial charge in [-0.2, -0.15) is 0 Å². The van der Waals surface area contributed by atoms with E-state index in [1.807, 2.05) is 31.2 Å². The molecule has 0 unspecified atom stereocenters. The highest BCUT2D eigenvalue weighted by Gasteiger charge is 2.12. The van der Waals surface area contributed by atoms with Gasteiger partial charge < -0.3 is 4.90 Å². The largest absolute Gasteiger partial charge is 0.337 e. The monoisotopic (exact) mass is 274 g/mol. The molecule has 1 aromatic heterocycles. The predicted molar refractivity (Wildman–Crippen MR) is 76.2 cm³/mol. The number of nitrogens with zero attached hydrogens (tertiary/aromatic N) is 2. The van der Waals surface area contributed by atoms with E-state index in [9.17, 15) is 4.79 Å². The van der Waals surface area contributed by atoms with Gasteiger partial charge in [-0.3, -0.25) is 4.79 Å². The summed E-state index contributed by atoms with van der Waals surface area (Å²) in [5, 5.41) is 0.387. The van der Waals surface area contributed by atoms with Crippen LogP contribution in [0, 0.1) is 6.92 Å². The minimum absolute atomic E-state index is 0.0651. The summed E-state index contributed by atoms with van der Waals surface area (Å²) in [5.74, 6) is -0.0651.